The van der Waals surface area contributed by atoms with E-state index < -0.39 is 53.4 Å². The second-order valence-electron chi connectivity index (χ2n) is 6.02. The number of hydrogen-bond acceptors (Lipinski definition) is 3. The molecule has 0 unspecified atom stereocenters. The minimum absolute atomic E-state index is 0.0988. The van der Waals surface area contributed by atoms with Gasteiger partial charge in [-0.15, -0.1) is 0 Å². The molecule has 1 heterocycles. The largest absolute Gasteiger partial charge is 0.416 e. The average molecular weight is 410 g/mol. The van der Waals surface area contributed by atoms with Gasteiger partial charge in [0.25, 0.3) is 5.92 Å². The van der Waals surface area contributed by atoms with Gasteiger partial charge in [0, 0.05) is 31.7 Å². The van der Waals surface area contributed by atoms with Crippen LogP contribution >= 0.6 is 0 Å². The van der Waals surface area contributed by atoms with Crippen LogP contribution in [0.1, 0.15) is 22.7 Å². The molecule has 27 heavy (non-hydrogen) atoms. The van der Waals surface area contributed by atoms with E-state index in [-0.39, 0.29) is 38.3 Å². The quantitative estimate of drug-likeness (QED) is 0.747. The highest BCUT2D eigenvalue weighted by Gasteiger charge is 2.50. The molecule has 0 aromatic heterocycles. The van der Waals surface area contributed by atoms with Gasteiger partial charge in [-0.2, -0.15) is 26.3 Å². The van der Waals surface area contributed by atoms with Crippen LogP contribution in [0.4, 0.5) is 39.5 Å². The molecule has 0 amide bonds. The van der Waals surface area contributed by atoms with Crippen LogP contribution in [0.15, 0.2) is 12.1 Å². The summed E-state index contributed by atoms with van der Waals surface area (Å²) in [6.45, 7) is -2.13. The van der Waals surface area contributed by atoms with E-state index in [1.54, 1.807) is 0 Å². The highest BCUT2D eigenvalue weighted by molar-refractivity contribution is 5.40. The molecule has 154 valence electrons. The minimum Gasteiger partial charge on any atom is -0.390 e. The molecule has 0 bridgehead atoms. The molecular weight excluding hydrogens is 395 g/mol. The summed E-state index contributed by atoms with van der Waals surface area (Å²) in [5.41, 5.74) is -5.70. The smallest absolute Gasteiger partial charge is 0.390 e. The first-order valence-electron chi connectivity index (χ1n) is 7.70. The number of halogens is 9. The van der Waals surface area contributed by atoms with Crippen LogP contribution in [0.2, 0.25) is 0 Å². The molecule has 1 atom stereocenters. The summed E-state index contributed by atoms with van der Waals surface area (Å²) in [6.07, 6.45) is -10.8. The molecule has 2 rings (SSSR count). The van der Waals surface area contributed by atoms with E-state index in [1.807, 2.05) is 0 Å². The van der Waals surface area contributed by atoms with Crippen LogP contribution in [0.3, 0.4) is 0 Å². The van der Waals surface area contributed by atoms with Crippen molar-refractivity contribution in [3.63, 3.8) is 0 Å². The number of alkyl halides is 8. The molecule has 0 aliphatic carbocycles. The minimum atomic E-state index is -5.52. The van der Waals surface area contributed by atoms with E-state index >= 15 is 0 Å². The number of nitrogens with zero attached hydrogens (tertiary/aromatic N) is 1. The first-order valence-corrected chi connectivity index (χ1v) is 7.70. The summed E-state index contributed by atoms with van der Waals surface area (Å²) in [7, 11) is 0. The SMILES string of the molecule is OCC(F)(F)[C@H](c1c(F)cc(C(F)(F)F)cc1C(F)(F)F)N1CCNCC1. The van der Waals surface area contributed by atoms with Gasteiger partial charge in [0.1, 0.15) is 18.5 Å². The number of aliphatic hydroxyl groups is 1. The lowest BCUT2D eigenvalue weighted by Crippen LogP contribution is -2.51. The van der Waals surface area contributed by atoms with E-state index in [0.717, 1.165) is 4.90 Å². The van der Waals surface area contributed by atoms with Gasteiger partial charge >= 0.3 is 12.4 Å². The topological polar surface area (TPSA) is 35.5 Å². The van der Waals surface area contributed by atoms with Gasteiger partial charge in [0.05, 0.1) is 11.1 Å². The maximum atomic E-state index is 14.4. The van der Waals surface area contributed by atoms with Crippen LogP contribution in [0, 0.1) is 5.82 Å². The molecule has 3 nitrogen and oxygen atoms in total. The number of aliphatic hydroxyl groups excluding tert-OH is 1. The molecule has 0 radical (unpaired) electrons. The molecule has 1 aliphatic rings. The Labute approximate surface area is 147 Å². The van der Waals surface area contributed by atoms with Crippen molar-refractivity contribution in [1.82, 2.24) is 10.2 Å². The Morgan fingerprint density at radius 2 is 1.52 bits per heavy atom. The van der Waals surface area contributed by atoms with E-state index in [2.05, 4.69) is 5.32 Å². The summed E-state index contributed by atoms with van der Waals surface area (Å²) >= 11 is 0. The lowest BCUT2D eigenvalue weighted by molar-refractivity contribution is -0.148. The molecule has 12 heteroatoms. The van der Waals surface area contributed by atoms with E-state index in [4.69, 9.17) is 5.11 Å². The third kappa shape index (κ3) is 4.66. The summed E-state index contributed by atoms with van der Waals surface area (Å²) < 4.78 is 121. The lowest BCUT2D eigenvalue weighted by Gasteiger charge is -2.39. The molecule has 1 aromatic rings. The fraction of sp³-hybridized carbons (Fsp3) is 0.600. The molecule has 0 saturated carbocycles. The first-order chi connectivity index (χ1) is 12.3. The Hall–Kier alpha value is -1.53. The molecule has 1 aliphatic heterocycles. The van der Waals surface area contributed by atoms with Crippen molar-refractivity contribution in [2.75, 3.05) is 32.8 Å². The van der Waals surface area contributed by atoms with Crippen molar-refractivity contribution >= 4 is 0 Å². The molecule has 1 aromatic carbocycles. The number of rotatable bonds is 4. The summed E-state index contributed by atoms with van der Waals surface area (Å²) in [5, 5.41) is 11.7. The van der Waals surface area contributed by atoms with Crippen molar-refractivity contribution in [2.24, 2.45) is 0 Å². The van der Waals surface area contributed by atoms with Gasteiger partial charge in [-0.1, -0.05) is 0 Å². The maximum Gasteiger partial charge on any atom is 0.416 e. The molecule has 2 N–H and O–H groups in total. The first kappa shape index (κ1) is 21.8. The third-order valence-electron chi connectivity index (χ3n) is 4.16. The van der Waals surface area contributed by atoms with Crippen molar-refractivity contribution < 1.29 is 44.6 Å². The maximum absolute atomic E-state index is 14.4. The van der Waals surface area contributed by atoms with Crippen LogP contribution < -0.4 is 5.32 Å². The Bertz CT molecular complexity index is 666. The van der Waals surface area contributed by atoms with Crippen LogP contribution in [0.5, 0.6) is 0 Å². The van der Waals surface area contributed by atoms with Crippen molar-refractivity contribution in [3.8, 4) is 0 Å². The Morgan fingerprint density at radius 3 is 1.96 bits per heavy atom. The lowest BCUT2D eigenvalue weighted by atomic mass is 9.91. The number of nitrogens with one attached hydrogen (secondary N) is 1. The summed E-state index contributed by atoms with van der Waals surface area (Å²) in [6, 6.07) is -3.21. The van der Waals surface area contributed by atoms with E-state index in [1.165, 1.54) is 0 Å². The zero-order valence-corrected chi connectivity index (χ0v) is 13.6. The Kier molecular flexibility index (Phi) is 6.02. The molecule has 1 saturated heterocycles. The monoisotopic (exact) mass is 410 g/mol. The van der Waals surface area contributed by atoms with Crippen LogP contribution in [-0.2, 0) is 12.4 Å². The average Bonchev–Trinajstić information content (AvgIpc) is 2.55. The number of hydrogen-bond donors (Lipinski definition) is 2. The second-order valence-corrected chi connectivity index (χ2v) is 6.02. The van der Waals surface area contributed by atoms with Gasteiger partial charge in [-0.3, -0.25) is 4.90 Å². The van der Waals surface area contributed by atoms with E-state index in [0.29, 0.717) is 0 Å². The highest BCUT2D eigenvalue weighted by atomic mass is 19.4. The van der Waals surface area contributed by atoms with Gasteiger partial charge in [-0.05, 0) is 12.1 Å². The predicted octanol–water partition coefficient (Wildman–Crippen LogP) is 3.44. The van der Waals surface area contributed by atoms with Gasteiger partial charge in [0.2, 0.25) is 0 Å². The third-order valence-corrected chi connectivity index (χ3v) is 4.16. The van der Waals surface area contributed by atoms with Crippen molar-refractivity contribution in [1.29, 1.82) is 0 Å². The molecular formula is C15H15F9N2O. The summed E-state index contributed by atoms with van der Waals surface area (Å²) in [4.78, 5) is 0.813. The van der Waals surface area contributed by atoms with Gasteiger partial charge in [0.15, 0.2) is 0 Å². The zero-order valence-electron chi connectivity index (χ0n) is 13.6. The van der Waals surface area contributed by atoms with Crippen molar-refractivity contribution in [3.05, 3.63) is 34.6 Å². The highest BCUT2D eigenvalue weighted by Crippen LogP contribution is 2.46. The zero-order chi connectivity index (χ0) is 20.6. The van der Waals surface area contributed by atoms with Gasteiger partial charge in [-0.25, -0.2) is 13.2 Å². The fourth-order valence-electron chi connectivity index (χ4n) is 2.98. The molecule has 0 spiro atoms. The normalized spacial score (nSPS) is 18.6. The molecule has 1 fully saturated rings. The number of benzene rings is 1. The van der Waals surface area contributed by atoms with Crippen LogP contribution in [-0.4, -0.2) is 48.7 Å². The fourth-order valence-corrected chi connectivity index (χ4v) is 2.98. The Balaban J connectivity index is 2.74. The van der Waals surface area contributed by atoms with Gasteiger partial charge < -0.3 is 10.4 Å². The standard InChI is InChI=1S/C15H15F9N2O/c16-10-6-8(14(19,20)21)5-9(15(22,23)24)11(10)12(13(17,18)7-27)26-3-1-25-2-4-26/h5-6,12,25,27H,1-4,7H2/t12-/m0/s1. The predicted molar refractivity (Wildman–Crippen MR) is 75.6 cm³/mol. The van der Waals surface area contributed by atoms with Crippen molar-refractivity contribution in [2.45, 2.75) is 24.3 Å². The van der Waals surface area contributed by atoms with Crippen LogP contribution in [0.25, 0.3) is 0 Å². The van der Waals surface area contributed by atoms with E-state index in [9.17, 15) is 39.5 Å². The Morgan fingerprint density at radius 1 is 0.963 bits per heavy atom. The second kappa shape index (κ2) is 7.47. The summed E-state index contributed by atoms with van der Waals surface area (Å²) in [5.74, 6) is -6.29. The number of piperazine rings is 1.